The van der Waals surface area contributed by atoms with Crippen LogP contribution in [0.1, 0.15) is 18.5 Å². The van der Waals surface area contributed by atoms with E-state index in [9.17, 15) is 22.4 Å². The third-order valence-electron chi connectivity index (χ3n) is 3.66. The Kier molecular flexibility index (Phi) is 5.84. The second kappa shape index (κ2) is 7.87. The van der Waals surface area contributed by atoms with Crippen LogP contribution in [-0.2, 0) is 0 Å². The Labute approximate surface area is 142 Å². The summed E-state index contributed by atoms with van der Waals surface area (Å²) in [4.78, 5) is 13.5. The quantitative estimate of drug-likeness (QED) is 0.783. The van der Waals surface area contributed by atoms with Gasteiger partial charge in [0.15, 0.2) is 11.6 Å². The number of alkyl halides is 2. The van der Waals surface area contributed by atoms with Crippen LogP contribution in [0.5, 0.6) is 5.75 Å². The average molecular weight is 356 g/mol. The van der Waals surface area contributed by atoms with Crippen LogP contribution >= 0.6 is 0 Å². The minimum atomic E-state index is -2.93. The summed E-state index contributed by atoms with van der Waals surface area (Å²) in [5.41, 5.74) is 0.799. The number of carbonyl (C=O) groups is 1. The number of hydrogen-bond acceptors (Lipinski definition) is 2. The highest BCUT2D eigenvalue weighted by molar-refractivity contribution is 5.89. The Balaban J connectivity index is 2.02. The molecule has 0 aliphatic carbocycles. The summed E-state index contributed by atoms with van der Waals surface area (Å²) in [6.07, 6.45) is 0. The Morgan fingerprint density at radius 2 is 1.72 bits per heavy atom. The maximum atomic E-state index is 13.3. The van der Waals surface area contributed by atoms with Crippen LogP contribution in [0, 0.1) is 11.6 Å². The molecule has 1 atom stereocenters. The maximum absolute atomic E-state index is 13.3. The van der Waals surface area contributed by atoms with Gasteiger partial charge in [0.25, 0.3) is 0 Å². The number of anilines is 1. The van der Waals surface area contributed by atoms with E-state index in [0.29, 0.717) is 11.3 Å². The smallest absolute Gasteiger partial charge is 0.387 e. The molecule has 0 fully saturated rings. The first-order chi connectivity index (χ1) is 11.8. The van der Waals surface area contributed by atoms with Crippen molar-refractivity contribution in [3.63, 3.8) is 0 Å². The number of ether oxygens (including phenoxy) is 1. The van der Waals surface area contributed by atoms with Crippen molar-refractivity contribution < 1.29 is 27.1 Å². The normalized spacial score (nSPS) is 12.0. The van der Waals surface area contributed by atoms with Gasteiger partial charge in [-0.05, 0) is 48.9 Å². The SMILES string of the molecule is CC(c1ccc(F)c(F)c1)N(C)C(=O)Nc1ccc(OC(F)F)cc1. The zero-order chi connectivity index (χ0) is 18.6. The van der Waals surface area contributed by atoms with Crippen LogP contribution < -0.4 is 10.1 Å². The monoisotopic (exact) mass is 356 g/mol. The Morgan fingerprint density at radius 3 is 2.28 bits per heavy atom. The zero-order valence-electron chi connectivity index (χ0n) is 13.5. The first-order valence-electron chi connectivity index (χ1n) is 7.31. The Bertz CT molecular complexity index is 738. The van der Waals surface area contributed by atoms with Crippen molar-refractivity contribution >= 4 is 11.7 Å². The summed E-state index contributed by atoms with van der Waals surface area (Å²) in [5, 5.41) is 2.57. The van der Waals surface area contributed by atoms with Crippen molar-refractivity contribution in [1.82, 2.24) is 4.90 Å². The number of nitrogens with zero attached hydrogens (tertiary/aromatic N) is 1. The second-order valence-corrected chi connectivity index (χ2v) is 5.29. The fourth-order valence-corrected chi connectivity index (χ4v) is 2.10. The highest BCUT2D eigenvalue weighted by atomic mass is 19.3. The lowest BCUT2D eigenvalue weighted by atomic mass is 10.1. The van der Waals surface area contributed by atoms with Gasteiger partial charge in [-0.2, -0.15) is 8.78 Å². The fraction of sp³-hybridized carbons (Fsp3) is 0.235. The molecule has 0 spiro atoms. The van der Waals surface area contributed by atoms with E-state index in [-0.39, 0.29) is 5.75 Å². The number of benzene rings is 2. The van der Waals surface area contributed by atoms with Gasteiger partial charge >= 0.3 is 12.6 Å². The number of halogens is 4. The molecule has 1 unspecified atom stereocenters. The first kappa shape index (κ1) is 18.6. The highest BCUT2D eigenvalue weighted by Gasteiger charge is 2.19. The summed E-state index contributed by atoms with van der Waals surface area (Å²) in [5.74, 6) is -1.99. The van der Waals surface area contributed by atoms with E-state index in [1.807, 2.05) is 0 Å². The number of hydrogen-bond donors (Lipinski definition) is 1. The Morgan fingerprint density at radius 1 is 1.08 bits per heavy atom. The van der Waals surface area contributed by atoms with Gasteiger partial charge in [0.05, 0.1) is 6.04 Å². The van der Waals surface area contributed by atoms with E-state index in [1.54, 1.807) is 6.92 Å². The van der Waals surface area contributed by atoms with Crippen LogP contribution in [0.3, 0.4) is 0 Å². The average Bonchev–Trinajstić information content (AvgIpc) is 2.57. The molecule has 0 aliphatic heterocycles. The van der Waals surface area contributed by atoms with Crippen molar-refractivity contribution in [1.29, 1.82) is 0 Å². The van der Waals surface area contributed by atoms with E-state index in [1.165, 1.54) is 42.3 Å². The van der Waals surface area contributed by atoms with Crippen molar-refractivity contribution in [2.45, 2.75) is 19.6 Å². The molecule has 1 N–H and O–H groups in total. The Hall–Kier alpha value is -2.77. The molecule has 25 heavy (non-hydrogen) atoms. The summed E-state index contributed by atoms with van der Waals surface area (Å²) < 4.78 is 54.7. The number of urea groups is 1. The molecule has 0 aliphatic rings. The van der Waals surface area contributed by atoms with Crippen molar-refractivity contribution in [2.75, 3.05) is 12.4 Å². The lowest BCUT2D eigenvalue weighted by molar-refractivity contribution is -0.0498. The predicted octanol–water partition coefficient (Wildman–Crippen LogP) is 4.79. The molecule has 2 aromatic rings. The molecule has 0 radical (unpaired) electrons. The number of rotatable bonds is 5. The van der Waals surface area contributed by atoms with Crippen LogP contribution in [0.25, 0.3) is 0 Å². The fourth-order valence-electron chi connectivity index (χ4n) is 2.10. The van der Waals surface area contributed by atoms with Gasteiger partial charge in [-0.3, -0.25) is 0 Å². The molecule has 2 amide bonds. The van der Waals surface area contributed by atoms with Gasteiger partial charge in [-0.15, -0.1) is 0 Å². The molecule has 2 rings (SSSR count). The van der Waals surface area contributed by atoms with Crippen LogP contribution in [-0.4, -0.2) is 24.6 Å². The van der Waals surface area contributed by atoms with Gasteiger partial charge in [-0.25, -0.2) is 13.6 Å². The lowest BCUT2D eigenvalue weighted by Crippen LogP contribution is -2.33. The minimum Gasteiger partial charge on any atom is -0.435 e. The van der Waals surface area contributed by atoms with E-state index < -0.39 is 30.3 Å². The van der Waals surface area contributed by atoms with Gasteiger partial charge in [0, 0.05) is 12.7 Å². The standard InChI is InChI=1S/C17H16F4N2O2/c1-10(11-3-8-14(18)15(19)9-11)23(2)17(24)22-12-4-6-13(7-5-12)25-16(20)21/h3-10,16H,1-2H3,(H,22,24). The van der Waals surface area contributed by atoms with Crippen molar-refractivity contribution in [2.24, 2.45) is 0 Å². The molecule has 134 valence electrons. The van der Waals surface area contributed by atoms with E-state index >= 15 is 0 Å². The van der Waals surface area contributed by atoms with Gasteiger partial charge in [-0.1, -0.05) is 6.07 Å². The second-order valence-electron chi connectivity index (χ2n) is 5.29. The molecule has 0 bridgehead atoms. The molecule has 0 saturated heterocycles. The molecule has 2 aromatic carbocycles. The summed E-state index contributed by atoms with van der Waals surface area (Å²) in [7, 11) is 1.50. The topological polar surface area (TPSA) is 41.6 Å². The van der Waals surface area contributed by atoms with Crippen LogP contribution in [0.15, 0.2) is 42.5 Å². The van der Waals surface area contributed by atoms with Crippen LogP contribution in [0.2, 0.25) is 0 Å². The molecule has 4 nitrogen and oxygen atoms in total. The minimum absolute atomic E-state index is 0.0310. The largest absolute Gasteiger partial charge is 0.435 e. The van der Waals surface area contributed by atoms with Crippen molar-refractivity contribution in [3.8, 4) is 5.75 Å². The number of amides is 2. The third kappa shape index (κ3) is 4.85. The van der Waals surface area contributed by atoms with Crippen LogP contribution in [0.4, 0.5) is 28.0 Å². The number of nitrogens with one attached hydrogen (secondary N) is 1. The maximum Gasteiger partial charge on any atom is 0.387 e. The summed E-state index contributed by atoms with van der Waals surface area (Å²) in [6, 6.07) is 7.80. The van der Waals surface area contributed by atoms with Gasteiger partial charge in [0.2, 0.25) is 0 Å². The molecule has 8 heteroatoms. The molecular formula is C17H16F4N2O2. The first-order valence-corrected chi connectivity index (χ1v) is 7.31. The zero-order valence-corrected chi connectivity index (χ0v) is 13.5. The third-order valence-corrected chi connectivity index (χ3v) is 3.66. The lowest BCUT2D eigenvalue weighted by Gasteiger charge is -2.25. The molecular weight excluding hydrogens is 340 g/mol. The highest BCUT2D eigenvalue weighted by Crippen LogP contribution is 2.23. The van der Waals surface area contributed by atoms with E-state index in [2.05, 4.69) is 10.1 Å². The van der Waals surface area contributed by atoms with Gasteiger partial charge < -0.3 is 15.0 Å². The van der Waals surface area contributed by atoms with E-state index in [4.69, 9.17) is 0 Å². The van der Waals surface area contributed by atoms with Gasteiger partial charge in [0.1, 0.15) is 5.75 Å². The number of carbonyl (C=O) groups excluding carboxylic acids is 1. The van der Waals surface area contributed by atoms with Crippen molar-refractivity contribution in [3.05, 3.63) is 59.7 Å². The summed E-state index contributed by atoms with van der Waals surface area (Å²) in [6.45, 7) is -1.27. The summed E-state index contributed by atoms with van der Waals surface area (Å²) >= 11 is 0. The van der Waals surface area contributed by atoms with E-state index in [0.717, 1.165) is 12.1 Å². The molecule has 0 saturated carbocycles. The molecule has 0 aromatic heterocycles. The predicted molar refractivity (Wildman–Crippen MR) is 84.6 cm³/mol. The molecule has 0 heterocycles.